The second-order valence-electron chi connectivity index (χ2n) is 6.94. The van der Waals surface area contributed by atoms with Crippen molar-refractivity contribution in [1.82, 2.24) is 5.32 Å². The summed E-state index contributed by atoms with van der Waals surface area (Å²) >= 11 is 0. The monoisotopic (exact) mass is 329 g/mol. The predicted molar refractivity (Wildman–Crippen MR) is 101 cm³/mol. The zero-order valence-corrected chi connectivity index (χ0v) is 15.7. The predicted octanol–water partition coefficient (Wildman–Crippen LogP) is 4.80. The maximum Gasteiger partial charge on any atom is 0.0584 e. The molecule has 1 unspecified atom stereocenters. The maximum atomic E-state index is 9.21. The second kappa shape index (κ2) is 19.9. The number of aliphatic hydroxyl groups is 2. The van der Waals surface area contributed by atoms with E-state index >= 15 is 0 Å². The molecule has 0 rings (SSSR count). The highest BCUT2D eigenvalue weighted by atomic mass is 16.3. The second-order valence-corrected chi connectivity index (χ2v) is 6.94. The highest BCUT2D eigenvalue weighted by Crippen LogP contribution is 2.13. The third-order valence-corrected chi connectivity index (χ3v) is 4.67. The summed E-state index contributed by atoms with van der Waals surface area (Å²) in [6.45, 7) is 3.19. The van der Waals surface area contributed by atoms with Crippen molar-refractivity contribution in [2.75, 3.05) is 19.8 Å². The van der Waals surface area contributed by atoms with Crippen molar-refractivity contribution in [1.29, 1.82) is 0 Å². The molecule has 0 aliphatic heterocycles. The standard InChI is InChI=1S/C20H43NO2/c1-2-3-4-5-6-7-8-9-10-11-12-13-14-15-16-20(19-23)21-17-18-22/h20-23H,2-19H2,1H3. The zero-order chi connectivity index (χ0) is 17.0. The molecule has 0 saturated carbocycles. The maximum absolute atomic E-state index is 9.21. The highest BCUT2D eigenvalue weighted by molar-refractivity contribution is 4.65. The summed E-state index contributed by atoms with van der Waals surface area (Å²) in [6.07, 6.45) is 20.3. The molecule has 3 N–H and O–H groups in total. The van der Waals surface area contributed by atoms with Crippen LogP contribution in [0.5, 0.6) is 0 Å². The first-order valence-electron chi connectivity index (χ1n) is 10.3. The first-order chi connectivity index (χ1) is 11.3. The molecule has 0 radical (unpaired) electrons. The van der Waals surface area contributed by atoms with E-state index in [9.17, 15) is 5.11 Å². The summed E-state index contributed by atoms with van der Waals surface area (Å²) in [4.78, 5) is 0. The Morgan fingerprint density at radius 1 is 0.652 bits per heavy atom. The molecule has 0 amide bonds. The smallest absolute Gasteiger partial charge is 0.0584 e. The molecule has 0 aliphatic rings. The first-order valence-corrected chi connectivity index (χ1v) is 10.3. The molecular weight excluding hydrogens is 286 g/mol. The van der Waals surface area contributed by atoms with E-state index in [1.54, 1.807) is 0 Å². The van der Waals surface area contributed by atoms with E-state index in [1.807, 2.05) is 0 Å². The molecule has 1 atom stereocenters. The lowest BCUT2D eigenvalue weighted by molar-refractivity contribution is 0.217. The van der Waals surface area contributed by atoms with Crippen LogP contribution in [-0.2, 0) is 0 Å². The van der Waals surface area contributed by atoms with Crippen LogP contribution in [0.4, 0.5) is 0 Å². The number of hydrogen-bond acceptors (Lipinski definition) is 3. The minimum Gasteiger partial charge on any atom is -0.395 e. The van der Waals surface area contributed by atoms with E-state index in [0.717, 1.165) is 6.42 Å². The molecule has 0 aliphatic carbocycles. The van der Waals surface area contributed by atoms with Crippen molar-refractivity contribution in [2.24, 2.45) is 0 Å². The fraction of sp³-hybridized carbons (Fsp3) is 1.00. The van der Waals surface area contributed by atoms with Gasteiger partial charge in [0.15, 0.2) is 0 Å². The molecule has 140 valence electrons. The number of rotatable bonds is 19. The Bertz CT molecular complexity index is 212. The molecule has 0 aromatic rings. The molecule has 0 aromatic heterocycles. The summed E-state index contributed by atoms with van der Waals surface area (Å²) in [5, 5.41) is 21.1. The molecule has 0 aromatic carbocycles. The molecule has 3 heteroatoms. The molecule has 3 nitrogen and oxygen atoms in total. The summed E-state index contributed by atoms with van der Waals surface area (Å²) in [5.41, 5.74) is 0. The van der Waals surface area contributed by atoms with Gasteiger partial charge in [0.2, 0.25) is 0 Å². The topological polar surface area (TPSA) is 52.5 Å². The third kappa shape index (κ3) is 18.1. The lowest BCUT2D eigenvalue weighted by Crippen LogP contribution is -2.34. The van der Waals surface area contributed by atoms with Crippen molar-refractivity contribution in [2.45, 2.75) is 109 Å². The van der Waals surface area contributed by atoms with Gasteiger partial charge in [-0.3, -0.25) is 0 Å². The van der Waals surface area contributed by atoms with Crippen LogP contribution in [0, 0.1) is 0 Å². The van der Waals surface area contributed by atoms with E-state index in [2.05, 4.69) is 12.2 Å². The Labute approximate surface area is 145 Å². The van der Waals surface area contributed by atoms with Gasteiger partial charge in [0.25, 0.3) is 0 Å². The van der Waals surface area contributed by atoms with Gasteiger partial charge >= 0.3 is 0 Å². The lowest BCUT2D eigenvalue weighted by atomic mass is 10.0. The van der Waals surface area contributed by atoms with Crippen LogP contribution < -0.4 is 5.32 Å². The quantitative estimate of drug-likeness (QED) is 0.298. The van der Waals surface area contributed by atoms with Crippen molar-refractivity contribution in [3.8, 4) is 0 Å². The Morgan fingerprint density at radius 2 is 1.09 bits per heavy atom. The summed E-state index contributed by atoms with van der Waals surface area (Å²) < 4.78 is 0. The van der Waals surface area contributed by atoms with Gasteiger partial charge < -0.3 is 15.5 Å². The van der Waals surface area contributed by atoms with E-state index in [4.69, 9.17) is 5.11 Å². The molecule has 0 saturated heterocycles. The molecule has 0 heterocycles. The molecule has 23 heavy (non-hydrogen) atoms. The van der Waals surface area contributed by atoms with Crippen molar-refractivity contribution in [3.05, 3.63) is 0 Å². The average Bonchev–Trinajstić information content (AvgIpc) is 2.57. The van der Waals surface area contributed by atoms with Crippen LogP contribution in [0.3, 0.4) is 0 Å². The van der Waals surface area contributed by atoms with Crippen molar-refractivity contribution < 1.29 is 10.2 Å². The molecule has 0 bridgehead atoms. The normalized spacial score (nSPS) is 12.7. The Morgan fingerprint density at radius 3 is 1.48 bits per heavy atom. The number of aliphatic hydroxyl groups excluding tert-OH is 2. The van der Waals surface area contributed by atoms with Gasteiger partial charge in [-0.15, -0.1) is 0 Å². The van der Waals surface area contributed by atoms with E-state index in [0.29, 0.717) is 6.54 Å². The Hall–Kier alpha value is -0.120. The third-order valence-electron chi connectivity index (χ3n) is 4.67. The van der Waals surface area contributed by atoms with E-state index in [1.165, 1.54) is 89.9 Å². The van der Waals surface area contributed by atoms with Gasteiger partial charge in [-0.1, -0.05) is 96.8 Å². The largest absolute Gasteiger partial charge is 0.395 e. The number of unbranched alkanes of at least 4 members (excludes halogenated alkanes) is 13. The minimum atomic E-state index is 0.148. The van der Waals surface area contributed by atoms with E-state index < -0.39 is 0 Å². The number of nitrogens with one attached hydrogen (secondary N) is 1. The molecular formula is C20H43NO2. The van der Waals surface area contributed by atoms with Crippen LogP contribution in [0.2, 0.25) is 0 Å². The van der Waals surface area contributed by atoms with Crippen LogP contribution in [-0.4, -0.2) is 36.0 Å². The lowest BCUT2D eigenvalue weighted by Gasteiger charge is -2.15. The van der Waals surface area contributed by atoms with Gasteiger partial charge in [-0.25, -0.2) is 0 Å². The van der Waals surface area contributed by atoms with Gasteiger partial charge in [-0.05, 0) is 6.42 Å². The Balaban J connectivity index is 3.12. The van der Waals surface area contributed by atoms with Gasteiger partial charge in [0, 0.05) is 12.6 Å². The molecule has 0 spiro atoms. The van der Waals surface area contributed by atoms with Gasteiger partial charge in [0.1, 0.15) is 0 Å². The van der Waals surface area contributed by atoms with Crippen LogP contribution >= 0.6 is 0 Å². The SMILES string of the molecule is CCCCCCCCCCCCCCCCC(CO)NCCO. The summed E-state index contributed by atoms with van der Waals surface area (Å²) in [6, 6.07) is 0.166. The van der Waals surface area contributed by atoms with Gasteiger partial charge in [0.05, 0.1) is 13.2 Å². The molecule has 0 fully saturated rings. The number of hydrogen-bond donors (Lipinski definition) is 3. The Kier molecular flexibility index (Phi) is 19.8. The summed E-state index contributed by atoms with van der Waals surface area (Å²) in [5.74, 6) is 0. The van der Waals surface area contributed by atoms with Gasteiger partial charge in [-0.2, -0.15) is 0 Å². The van der Waals surface area contributed by atoms with Crippen molar-refractivity contribution in [3.63, 3.8) is 0 Å². The van der Waals surface area contributed by atoms with Crippen LogP contribution in [0.1, 0.15) is 103 Å². The van der Waals surface area contributed by atoms with Crippen LogP contribution in [0.25, 0.3) is 0 Å². The van der Waals surface area contributed by atoms with Crippen molar-refractivity contribution >= 4 is 0 Å². The van der Waals surface area contributed by atoms with E-state index in [-0.39, 0.29) is 19.3 Å². The zero-order valence-electron chi connectivity index (χ0n) is 15.7. The minimum absolute atomic E-state index is 0.148. The summed E-state index contributed by atoms with van der Waals surface area (Å²) in [7, 11) is 0. The average molecular weight is 330 g/mol. The fourth-order valence-electron chi connectivity index (χ4n) is 3.11. The fourth-order valence-corrected chi connectivity index (χ4v) is 3.11. The van der Waals surface area contributed by atoms with Crippen LogP contribution in [0.15, 0.2) is 0 Å². The first kappa shape index (κ1) is 22.9. The highest BCUT2D eigenvalue weighted by Gasteiger charge is 2.05.